The van der Waals surface area contributed by atoms with Crippen LogP contribution in [0.15, 0.2) is 11.6 Å². The summed E-state index contributed by atoms with van der Waals surface area (Å²) < 4.78 is 0. The van der Waals surface area contributed by atoms with Gasteiger partial charge in [0.1, 0.15) is 0 Å². The summed E-state index contributed by atoms with van der Waals surface area (Å²) in [6.45, 7) is 7.61. The summed E-state index contributed by atoms with van der Waals surface area (Å²) in [7, 11) is 0. The first-order valence-electron chi connectivity index (χ1n) is 9.24. The molecule has 0 amide bonds. The van der Waals surface area contributed by atoms with Gasteiger partial charge in [0, 0.05) is 6.42 Å². The zero-order valence-corrected chi connectivity index (χ0v) is 13.9. The van der Waals surface area contributed by atoms with Crippen molar-refractivity contribution in [3.05, 3.63) is 11.6 Å². The number of carbonyl (C=O) groups excluding carboxylic acids is 1. The normalized spacial score (nSPS) is 52.7. The molecular weight excluding hydrogens is 256 g/mol. The van der Waals surface area contributed by atoms with Gasteiger partial charge >= 0.3 is 0 Å². The average Bonchev–Trinajstić information content (AvgIpc) is 2.74. The van der Waals surface area contributed by atoms with Crippen molar-refractivity contribution < 1.29 is 4.79 Å². The van der Waals surface area contributed by atoms with Crippen molar-refractivity contribution in [2.45, 2.75) is 65.7 Å². The van der Waals surface area contributed by atoms with Gasteiger partial charge < -0.3 is 0 Å². The van der Waals surface area contributed by atoms with Crippen LogP contribution >= 0.6 is 0 Å². The molecule has 1 nitrogen and oxygen atoms in total. The quantitative estimate of drug-likeness (QED) is 0.611. The third-order valence-corrected chi connectivity index (χ3v) is 8.07. The lowest BCUT2D eigenvalue weighted by molar-refractivity contribution is -0.116. The van der Waals surface area contributed by atoms with E-state index in [1.165, 1.54) is 37.7 Å². The molecule has 0 saturated heterocycles. The third kappa shape index (κ3) is 1.92. The monoisotopic (exact) mass is 286 g/mol. The minimum atomic E-state index is 0.391. The predicted molar refractivity (Wildman–Crippen MR) is 85.8 cm³/mol. The molecule has 7 atom stereocenters. The smallest absolute Gasteiger partial charge is 0.155 e. The van der Waals surface area contributed by atoms with Gasteiger partial charge in [-0.25, -0.2) is 0 Å². The van der Waals surface area contributed by atoms with Crippen LogP contribution in [0, 0.1) is 40.9 Å². The molecule has 0 aliphatic heterocycles. The number of fused-ring (bicyclic) bond motifs is 5. The minimum Gasteiger partial charge on any atom is -0.295 e. The summed E-state index contributed by atoms with van der Waals surface area (Å²) in [5.41, 5.74) is 2.13. The molecule has 0 aromatic heterocycles. The minimum absolute atomic E-state index is 0.391. The maximum absolute atomic E-state index is 11.8. The van der Waals surface area contributed by atoms with Crippen molar-refractivity contribution in [1.29, 1.82) is 0 Å². The summed E-state index contributed by atoms with van der Waals surface area (Å²) in [6, 6.07) is 0. The van der Waals surface area contributed by atoms with Crippen LogP contribution in [-0.4, -0.2) is 5.78 Å². The second-order valence-electron chi connectivity index (χ2n) is 8.88. The number of hydrogen-bond donors (Lipinski definition) is 0. The summed E-state index contributed by atoms with van der Waals surface area (Å²) >= 11 is 0. The molecule has 4 unspecified atom stereocenters. The molecule has 1 heteroatoms. The fraction of sp³-hybridized carbons (Fsp3) is 0.850. The van der Waals surface area contributed by atoms with Gasteiger partial charge in [-0.3, -0.25) is 4.79 Å². The average molecular weight is 286 g/mol. The lowest BCUT2D eigenvalue weighted by Gasteiger charge is -2.56. The SMILES string of the molecule is C[C@H]1C[C@@]2(C)C(CC[C@@H]2C)C2CCC3=CC(=O)CCC3C21. The van der Waals surface area contributed by atoms with Gasteiger partial charge in [0.05, 0.1) is 0 Å². The third-order valence-electron chi connectivity index (χ3n) is 8.07. The second kappa shape index (κ2) is 4.70. The Morgan fingerprint density at radius 1 is 1.10 bits per heavy atom. The van der Waals surface area contributed by atoms with Crippen molar-refractivity contribution in [2.24, 2.45) is 40.9 Å². The summed E-state index contributed by atoms with van der Waals surface area (Å²) in [5, 5.41) is 0. The van der Waals surface area contributed by atoms with Crippen molar-refractivity contribution >= 4 is 5.78 Å². The lowest BCUT2D eigenvalue weighted by atomic mass is 9.48. The molecule has 21 heavy (non-hydrogen) atoms. The largest absolute Gasteiger partial charge is 0.295 e. The Labute approximate surface area is 129 Å². The van der Waals surface area contributed by atoms with Crippen LogP contribution in [0.1, 0.15) is 65.7 Å². The summed E-state index contributed by atoms with van der Waals surface area (Å²) in [6.07, 6.45) is 10.9. The highest BCUT2D eigenvalue weighted by atomic mass is 16.1. The van der Waals surface area contributed by atoms with E-state index in [1.54, 1.807) is 0 Å². The van der Waals surface area contributed by atoms with E-state index in [2.05, 4.69) is 20.8 Å². The van der Waals surface area contributed by atoms with E-state index in [4.69, 9.17) is 0 Å². The molecule has 0 spiro atoms. The molecule has 0 aromatic carbocycles. The van der Waals surface area contributed by atoms with E-state index in [0.29, 0.717) is 11.2 Å². The van der Waals surface area contributed by atoms with Crippen molar-refractivity contribution in [2.75, 3.05) is 0 Å². The van der Waals surface area contributed by atoms with Gasteiger partial charge in [-0.15, -0.1) is 0 Å². The molecule has 3 fully saturated rings. The van der Waals surface area contributed by atoms with Gasteiger partial charge in [-0.05, 0) is 85.5 Å². The number of hydrogen-bond acceptors (Lipinski definition) is 1. The highest BCUT2D eigenvalue weighted by Gasteiger charge is 2.57. The van der Waals surface area contributed by atoms with Gasteiger partial charge in [-0.2, -0.15) is 0 Å². The zero-order chi connectivity index (χ0) is 14.8. The van der Waals surface area contributed by atoms with Crippen LogP contribution in [0.4, 0.5) is 0 Å². The van der Waals surface area contributed by atoms with Crippen LogP contribution < -0.4 is 0 Å². The fourth-order valence-corrected chi connectivity index (χ4v) is 7.02. The highest BCUT2D eigenvalue weighted by molar-refractivity contribution is 5.91. The van der Waals surface area contributed by atoms with E-state index in [0.717, 1.165) is 48.3 Å². The van der Waals surface area contributed by atoms with E-state index in [1.807, 2.05) is 6.08 Å². The molecule has 4 aliphatic carbocycles. The first-order chi connectivity index (χ1) is 10.0. The van der Waals surface area contributed by atoms with Crippen LogP contribution in [-0.2, 0) is 4.79 Å². The standard InChI is InChI=1S/C20H30O/c1-12-11-20(3)13(2)4-9-18(20)17-7-5-14-10-15(21)6-8-16(14)19(12)17/h10,12-13,16-19H,4-9,11H2,1-3H3/t12-,13-,16?,17?,18?,19?,20+/m0/s1. The van der Waals surface area contributed by atoms with Crippen LogP contribution in [0.25, 0.3) is 0 Å². The molecular formula is C20H30O. The Bertz CT molecular complexity index is 490. The van der Waals surface area contributed by atoms with Gasteiger partial charge in [0.15, 0.2) is 5.78 Å². The van der Waals surface area contributed by atoms with Crippen molar-refractivity contribution in [3.8, 4) is 0 Å². The van der Waals surface area contributed by atoms with Crippen LogP contribution in [0.3, 0.4) is 0 Å². The number of allylic oxidation sites excluding steroid dienone is 1. The molecule has 0 heterocycles. The summed E-state index contributed by atoms with van der Waals surface area (Å²) in [5.74, 6) is 5.68. The number of ketones is 1. The van der Waals surface area contributed by atoms with E-state index in [9.17, 15) is 4.79 Å². The molecule has 4 rings (SSSR count). The Kier molecular flexibility index (Phi) is 3.14. The van der Waals surface area contributed by atoms with Crippen LogP contribution in [0.5, 0.6) is 0 Å². The molecule has 0 radical (unpaired) electrons. The van der Waals surface area contributed by atoms with Gasteiger partial charge in [0.2, 0.25) is 0 Å². The Morgan fingerprint density at radius 3 is 2.71 bits per heavy atom. The molecule has 0 N–H and O–H groups in total. The first kappa shape index (κ1) is 14.0. The topological polar surface area (TPSA) is 17.1 Å². The number of rotatable bonds is 0. The second-order valence-corrected chi connectivity index (χ2v) is 8.88. The highest BCUT2D eigenvalue weighted by Crippen LogP contribution is 2.64. The van der Waals surface area contributed by atoms with Crippen molar-refractivity contribution in [3.63, 3.8) is 0 Å². The molecule has 0 aromatic rings. The first-order valence-corrected chi connectivity index (χ1v) is 9.24. The molecule has 4 aliphatic rings. The molecule has 3 saturated carbocycles. The Morgan fingerprint density at radius 2 is 1.90 bits per heavy atom. The summed E-state index contributed by atoms with van der Waals surface area (Å²) in [4.78, 5) is 11.8. The van der Waals surface area contributed by atoms with Crippen molar-refractivity contribution in [1.82, 2.24) is 0 Å². The van der Waals surface area contributed by atoms with E-state index in [-0.39, 0.29) is 0 Å². The molecule has 0 bridgehead atoms. The predicted octanol–water partition coefficient (Wildman–Crippen LogP) is 5.01. The number of carbonyl (C=O) groups is 1. The zero-order valence-electron chi connectivity index (χ0n) is 13.9. The van der Waals surface area contributed by atoms with E-state index < -0.39 is 0 Å². The van der Waals surface area contributed by atoms with E-state index >= 15 is 0 Å². The van der Waals surface area contributed by atoms with Gasteiger partial charge in [-0.1, -0.05) is 26.3 Å². The van der Waals surface area contributed by atoms with Crippen LogP contribution in [0.2, 0.25) is 0 Å². The Hall–Kier alpha value is -0.590. The fourth-order valence-electron chi connectivity index (χ4n) is 7.02. The maximum atomic E-state index is 11.8. The lowest BCUT2D eigenvalue weighted by Crippen LogP contribution is -2.49. The van der Waals surface area contributed by atoms with Gasteiger partial charge in [0.25, 0.3) is 0 Å². The Balaban J connectivity index is 1.68. The maximum Gasteiger partial charge on any atom is 0.155 e. The molecule has 116 valence electrons.